The number of pyridine rings is 1. The number of hydrogen-bond donors (Lipinski definition) is 0. The van der Waals surface area contributed by atoms with Crippen molar-refractivity contribution >= 4 is 0 Å². The zero-order chi connectivity index (χ0) is 17.1. The van der Waals surface area contributed by atoms with Gasteiger partial charge in [0.1, 0.15) is 24.5 Å². The van der Waals surface area contributed by atoms with Crippen LogP contribution in [0.25, 0.3) is 5.69 Å². The van der Waals surface area contributed by atoms with Crippen LogP contribution in [-0.2, 0) is 6.54 Å². The molecule has 1 saturated heterocycles. The lowest BCUT2D eigenvalue weighted by molar-refractivity contribution is 0.198. The van der Waals surface area contributed by atoms with Crippen LogP contribution >= 0.6 is 0 Å². The Morgan fingerprint density at radius 3 is 2.80 bits per heavy atom. The number of rotatable bonds is 5. The molecule has 0 N–H and O–H groups in total. The first-order valence-corrected chi connectivity index (χ1v) is 8.51. The standard InChI is InChI=1S/C19H21N5O/c1-15-10-16(2-3-19(15)24-14-21-13-22-24)11-23-9-6-18(12-23)25-17-4-7-20-8-5-17/h2-5,7-8,10,13-14,18H,6,9,11-12H2,1H3/t18-/m0/s1. The summed E-state index contributed by atoms with van der Waals surface area (Å²) in [5, 5.41) is 4.20. The Kier molecular flexibility index (Phi) is 4.43. The third kappa shape index (κ3) is 3.69. The van der Waals surface area contributed by atoms with Gasteiger partial charge in [0.2, 0.25) is 0 Å². The molecule has 1 aromatic carbocycles. The van der Waals surface area contributed by atoms with Crippen molar-refractivity contribution in [3.63, 3.8) is 0 Å². The van der Waals surface area contributed by atoms with Crippen molar-refractivity contribution in [2.75, 3.05) is 13.1 Å². The highest BCUT2D eigenvalue weighted by atomic mass is 16.5. The number of ether oxygens (including phenoxy) is 1. The third-order valence-electron chi connectivity index (χ3n) is 4.51. The van der Waals surface area contributed by atoms with Crippen molar-refractivity contribution in [1.29, 1.82) is 0 Å². The molecule has 128 valence electrons. The Labute approximate surface area is 147 Å². The van der Waals surface area contributed by atoms with Crippen molar-refractivity contribution < 1.29 is 4.74 Å². The Morgan fingerprint density at radius 1 is 1.16 bits per heavy atom. The maximum absolute atomic E-state index is 6.03. The monoisotopic (exact) mass is 335 g/mol. The highest BCUT2D eigenvalue weighted by Gasteiger charge is 2.24. The van der Waals surface area contributed by atoms with Gasteiger partial charge in [0, 0.05) is 32.0 Å². The molecule has 0 amide bonds. The molecule has 0 saturated carbocycles. The first-order chi connectivity index (χ1) is 12.3. The van der Waals surface area contributed by atoms with E-state index in [4.69, 9.17) is 4.74 Å². The molecule has 3 heterocycles. The summed E-state index contributed by atoms with van der Waals surface area (Å²) in [5.74, 6) is 0.898. The predicted octanol–water partition coefficient (Wildman–Crippen LogP) is 2.62. The molecule has 0 unspecified atom stereocenters. The number of hydrogen-bond acceptors (Lipinski definition) is 5. The molecule has 0 spiro atoms. The predicted molar refractivity (Wildman–Crippen MR) is 94.6 cm³/mol. The van der Waals surface area contributed by atoms with E-state index in [1.807, 2.05) is 12.1 Å². The molecular formula is C19H21N5O. The van der Waals surface area contributed by atoms with Gasteiger partial charge < -0.3 is 4.74 Å². The second kappa shape index (κ2) is 7.03. The van der Waals surface area contributed by atoms with Crippen LogP contribution < -0.4 is 4.74 Å². The van der Waals surface area contributed by atoms with E-state index in [2.05, 4.69) is 45.1 Å². The van der Waals surface area contributed by atoms with Gasteiger partial charge in [-0.05, 0) is 42.7 Å². The molecule has 0 bridgehead atoms. The molecule has 0 radical (unpaired) electrons. The average molecular weight is 335 g/mol. The lowest BCUT2D eigenvalue weighted by Crippen LogP contribution is -2.24. The van der Waals surface area contributed by atoms with Gasteiger partial charge in [-0.2, -0.15) is 5.10 Å². The molecule has 2 aromatic heterocycles. The highest BCUT2D eigenvalue weighted by Crippen LogP contribution is 2.21. The van der Waals surface area contributed by atoms with Gasteiger partial charge in [0.25, 0.3) is 0 Å². The van der Waals surface area contributed by atoms with E-state index in [9.17, 15) is 0 Å². The molecule has 25 heavy (non-hydrogen) atoms. The van der Waals surface area contributed by atoms with Gasteiger partial charge in [0.05, 0.1) is 5.69 Å². The smallest absolute Gasteiger partial charge is 0.138 e. The Morgan fingerprint density at radius 2 is 2.04 bits per heavy atom. The molecule has 6 heteroatoms. The molecule has 6 nitrogen and oxygen atoms in total. The maximum atomic E-state index is 6.03. The summed E-state index contributed by atoms with van der Waals surface area (Å²) in [5.41, 5.74) is 3.58. The van der Waals surface area contributed by atoms with Gasteiger partial charge in [-0.15, -0.1) is 0 Å². The highest BCUT2D eigenvalue weighted by molar-refractivity contribution is 5.41. The summed E-state index contributed by atoms with van der Waals surface area (Å²) in [6.45, 7) is 5.06. The van der Waals surface area contributed by atoms with Crippen LogP contribution in [0.5, 0.6) is 5.75 Å². The Bertz CT molecular complexity index is 819. The fraction of sp³-hybridized carbons (Fsp3) is 0.316. The van der Waals surface area contributed by atoms with Crippen LogP contribution in [0.3, 0.4) is 0 Å². The maximum Gasteiger partial charge on any atom is 0.138 e. The van der Waals surface area contributed by atoms with Crippen LogP contribution in [0.4, 0.5) is 0 Å². The topological polar surface area (TPSA) is 56.1 Å². The molecule has 1 fully saturated rings. The zero-order valence-corrected chi connectivity index (χ0v) is 14.2. The van der Waals surface area contributed by atoms with Crippen molar-refractivity contribution in [3.05, 3.63) is 66.5 Å². The van der Waals surface area contributed by atoms with Gasteiger partial charge in [-0.25, -0.2) is 9.67 Å². The largest absolute Gasteiger partial charge is 0.489 e. The fourth-order valence-corrected chi connectivity index (χ4v) is 3.31. The number of aromatic nitrogens is 4. The van der Waals surface area contributed by atoms with Crippen molar-refractivity contribution in [2.24, 2.45) is 0 Å². The van der Waals surface area contributed by atoms with Gasteiger partial charge >= 0.3 is 0 Å². The summed E-state index contributed by atoms with van der Waals surface area (Å²) in [6.07, 6.45) is 8.11. The molecule has 0 aliphatic carbocycles. The minimum absolute atomic E-state index is 0.248. The van der Waals surface area contributed by atoms with Gasteiger partial charge in [-0.1, -0.05) is 12.1 Å². The SMILES string of the molecule is Cc1cc(CN2CC[C@H](Oc3ccncc3)C2)ccc1-n1cncn1. The van der Waals surface area contributed by atoms with E-state index in [-0.39, 0.29) is 6.10 Å². The average Bonchev–Trinajstić information content (AvgIpc) is 3.28. The second-order valence-electron chi connectivity index (χ2n) is 6.41. The summed E-state index contributed by atoms with van der Waals surface area (Å²) >= 11 is 0. The van der Waals surface area contributed by atoms with Gasteiger partial charge in [0.15, 0.2) is 0 Å². The number of benzene rings is 1. The van der Waals surface area contributed by atoms with Crippen LogP contribution in [0.15, 0.2) is 55.4 Å². The van der Waals surface area contributed by atoms with E-state index in [0.29, 0.717) is 0 Å². The Balaban J connectivity index is 1.37. The van der Waals surface area contributed by atoms with Crippen LogP contribution in [0, 0.1) is 6.92 Å². The quantitative estimate of drug-likeness (QED) is 0.717. The van der Waals surface area contributed by atoms with Crippen molar-refractivity contribution in [2.45, 2.75) is 26.0 Å². The lowest BCUT2D eigenvalue weighted by Gasteiger charge is -2.17. The van der Waals surface area contributed by atoms with Gasteiger partial charge in [-0.3, -0.25) is 9.88 Å². The molecular weight excluding hydrogens is 314 g/mol. The lowest BCUT2D eigenvalue weighted by atomic mass is 10.1. The van der Waals surface area contributed by atoms with Crippen LogP contribution in [0.1, 0.15) is 17.5 Å². The molecule has 1 atom stereocenters. The van der Waals surface area contributed by atoms with Crippen molar-refractivity contribution in [1.82, 2.24) is 24.6 Å². The summed E-state index contributed by atoms with van der Waals surface area (Å²) in [6, 6.07) is 10.3. The van der Waals surface area contributed by atoms with E-state index in [1.165, 1.54) is 11.1 Å². The first-order valence-electron chi connectivity index (χ1n) is 8.51. The third-order valence-corrected chi connectivity index (χ3v) is 4.51. The summed E-state index contributed by atoms with van der Waals surface area (Å²) in [4.78, 5) is 10.5. The fourth-order valence-electron chi connectivity index (χ4n) is 3.31. The Hall–Kier alpha value is -2.73. The molecule has 1 aliphatic heterocycles. The molecule has 4 rings (SSSR count). The summed E-state index contributed by atoms with van der Waals surface area (Å²) < 4.78 is 7.83. The van der Waals surface area contributed by atoms with Crippen LogP contribution in [0.2, 0.25) is 0 Å². The first kappa shape index (κ1) is 15.8. The van der Waals surface area contributed by atoms with E-state index < -0.39 is 0 Å². The van der Waals surface area contributed by atoms with E-state index >= 15 is 0 Å². The molecule has 1 aliphatic rings. The zero-order valence-electron chi connectivity index (χ0n) is 14.2. The summed E-state index contributed by atoms with van der Waals surface area (Å²) in [7, 11) is 0. The van der Waals surface area contributed by atoms with E-state index in [0.717, 1.165) is 37.5 Å². The minimum Gasteiger partial charge on any atom is -0.489 e. The number of nitrogens with zero attached hydrogens (tertiary/aromatic N) is 5. The van der Waals surface area contributed by atoms with Crippen molar-refractivity contribution in [3.8, 4) is 11.4 Å². The normalized spacial score (nSPS) is 17.7. The second-order valence-corrected chi connectivity index (χ2v) is 6.41. The number of likely N-dealkylation sites (tertiary alicyclic amines) is 1. The van der Waals surface area contributed by atoms with E-state index in [1.54, 1.807) is 29.7 Å². The van der Waals surface area contributed by atoms with Crippen LogP contribution in [-0.4, -0.2) is 43.8 Å². The minimum atomic E-state index is 0.248. The molecule has 3 aromatic rings. The number of aryl methyl sites for hydroxylation is 1.